The molecule has 1 saturated heterocycles. The summed E-state index contributed by atoms with van der Waals surface area (Å²) in [6.07, 6.45) is 12.1. The van der Waals surface area contributed by atoms with Gasteiger partial charge in [-0.2, -0.15) is 0 Å². The second kappa shape index (κ2) is 9.66. The van der Waals surface area contributed by atoms with Gasteiger partial charge in [0.15, 0.2) is 11.6 Å². The molecule has 8 heteroatoms. The number of ether oxygens (including phenoxy) is 1. The van der Waals surface area contributed by atoms with Crippen molar-refractivity contribution in [1.29, 1.82) is 0 Å². The summed E-state index contributed by atoms with van der Waals surface area (Å²) in [6.45, 7) is 0.683. The van der Waals surface area contributed by atoms with E-state index in [1.807, 2.05) is 0 Å². The number of pyridine rings is 1. The Hall–Kier alpha value is -2.64. The van der Waals surface area contributed by atoms with Crippen molar-refractivity contribution in [1.82, 2.24) is 15.2 Å². The smallest absolute Gasteiger partial charge is 0.325 e. The van der Waals surface area contributed by atoms with Gasteiger partial charge in [0.05, 0.1) is 6.61 Å². The van der Waals surface area contributed by atoms with Crippen LogP contribution in [0.1, 0.15) is 70.6 Å². The molecular formula is C23H32N4O4. The number of anilines is 1. The van der Waals surface area contributed by atoms with Crippen LogP contribution in [-0.2, 0) is 9.59 Å². The molecule has 0 radical (unpaired) electrons. The van der Waals surface area contributed by atoms with Gasteiger partial charge in [-0.25, -0.2) is 9.78 Å². The first kappa shape index (κ1) is 21.6. The van der Waals surface area contributed by atoms with Gasteiger partial charge in [0, 0.05) is 19.2 Å². The van der Waals surface area contributed by atoms with E-state index in [1.54, 1.807) is 18.3 Å². The number of carbonyl (C=O) groups excluding carboxylic acids is 3. The third kappa shape index (κ3) is 4.99. The van der Waals surface area contributed by atoms with Crippen molar-refractivity contribution in [3.63, 3.8) is 0 Å². The second-order valence-corrected chi connectivity index (χ2v) is 8.99. The number of nitrogens with one attached hydrogen (secondary N) is 2. The Morgan fingerprint density at radius 2 is 1.90 bits per heavy atom. The minimum absolute atomic E-state index is 0.0217. The maximum Gasteiger partial charge on any atom is 0.325 e. The van der Waals surface area contributed by atoms with Crippen LogP contribution in [0.3, 0.4) is 0 Å². The Morgan fingerprint density at radius 1 is 1.16 bits per heavy atom. The number of hydrogen-bond donors (Lipinski definition) is 2. The molecule has 31 heavy (non-hydrogen) atoms. The zero-order chi connectivity index (χ0) is 21.7. The first-order valence-electron chi connectivity index (χ1n) is 11.6. The summed E-state index contributed by atoms with van der Waals surface area (Å²) >= 11 is 0. The van der Waals surface area contributed by atoms with Gasteiger partial charge in [-0.15, -0.1) is 0 Å². The van der Waals surface area contributed by atoms with Crippen molar-refractivity contribution in [3.8, 4) is 5.75 Å². The third-order valence-electron chi connectivity index (χ3n) is 6.74. The van der Waals surface area contributed by atoms with Crippen molar-refractivity contribution < 1.29 is 19.1 Å². The Bertz CT molecular complexity index is 816. The van der Waals surface area contributed by atoms with Crippen LogP contribution < -0.4 is 15.4 Å². The molecule has 0 atom stereocenters. The highest BCUT2D eigenvalue weighted by atomic mass is 16.5. The van der Waals surface area contributed by atoms with E-state index in [9.17, 15) is 14.4 Å². The topological polar surface area (TPSA) is 101 Å². The highest BCUT2D eigenvalue weighted by Crippen LogP contribution is 2.33. The molecule has 1 spiro atoms. The zero-order valence-electron chi connectivity index (χ0n) is 18.0. The summed E-state index contributed by atoms with van der Waals surface area (Å²) in [5, 5.41) is 5.65. The predicted molar refractivity (Wildman–Crippen MR) is 116 cm³/mol. The fourth-order valence-electron chi connectivity index (χ4n) is 4.94. The van der Waals surface area contributed by atoms with Gasteiger partial charge >= 0.3 is 6.03 Å². The summed E-state index contributed by atoms with van der Waals surface area (Å²) < 4.78 is 5.96. The molecule has 3 fully saturated rings. The van der Waals surface area contributed by atoms with Crippen LogP contribution in [-0.4, -0.2) is 46.4 Å². The van der Waals surface area contributed by atoms with E-state index in [1.165, 1.54) is 37.0 Å². The number of carbonyl (C=O) groups is 3. The molecule has 0 aromatic carbocycles. The standard InChI is InChI=1S/C23H32N4O4/c28-19(11-15-27-21(29)23(26-22(27)30)12-5-2-6-13-23)25-20-18(10-7-14-24-20)31-16-17-8-3-1-4-9-17/h7,10,14,17H,1-6,8-9,11-13,15-16H2,(H,26,30)(H,24,25,28). The molecule has 168 valence electrons. The van der Waals surface area contributed by atoms with Crippen LogP contribution in [0.4, 0.5) is 10.6 Å². The Labute approximate surface area is 183 Å². The maximum atomic E-state index is 12.8. The number of imide groups is 1. The van der Waals surface area contributed by atoms with Crippen molar-refractivity contribution in [2.24, 2.45) is 5.92 Å². The summed E-state index contributed by atoms with van der Waals surface area (Å²) in [5.74, 6) is 0.983. The van der Waals surface area contributed by atoms with Gasteiger partial charge in [-0.1, -0.05) is 38.5 Å². The molecule has 1 aromatic rings. The molecule has 0 unspecified atom stereocenters. The van der Waals surface area contributed by atoms with Crippen molar-refractivity contribution in [3.05, 3.63) is 18.3 Å². The molecule has 4 rings (SSSR count). The lowest BCUT2D eigenvalue weighted by molar-refractivity contribution is -0.132. The van der Waals surface area contributed by atoms with Gasteiger partial charge in [-0.05, 0) is 43.7 Å². The molecule has 2 N–H and O–H groups in total. The van der Waals surface area contributed by atoms with Crippen molar-refractivity contribution in [2.45, 2.75) is 76.2 Å². The van der Waals surface area contributed by atoms with E-state index in [0.29, 0.717) is 36.9 Å². The molecule has 2 aliphatic carbocycles. The maximum absolute atomic E-state index is 12.8. The fourth-order valence-corrected chi connectivity index (χ4v) is 4.94. The molecule has 4 amide bonds. The highest BCUT2D eigenvalue weighted by molar-refractivity contribution is 6.07. The van der Waals surface area contributed by atoms with E-state index in [2.05, 4.69) is 15.6 Å². The molecule has 3 aliphatic rings. The van der Waals surface area contributed by atoms with E-state index in [4.69, 9.17) is 4.74 Å². The molecule has 2 saturated carbocycles. The SMILES string of the molecule is O=C(CCN1C(=O)NC2(CCCCC2)C1=O)Nc1ncccc1OCC1CCCCC1. The van der Waals surface area contributed by atoms with Gasteiger partial charge in [0.1, 0.15) is 5.54 Å². The average Bonchev–Trinajstić information content (AvgIpc) is 3.01. The number of amides is 4. The number of nitrogens with zero attached hydrogens (tertiary/aromatic N) is 2. The first-order chi connectivity index (χ1) is 15.1. The molecule has 1 aromatic heterocycles. The van der Waals surface area contributed by atoms with Gasteiger partial charge < -0.3 is 15.4 Å². The molecule has 0 bridgehead atoms. The molecule has 2 heterocycles. The lowest BCUT2D eigenvalue weighted by atomic mass is 9.82. The number of aromatic nitrogens is 1. The predicted octanol–water partition coefficient (Wildman–Crippen LogP) is 3.62. The van der Waals surface area contributed by atoms with E-state index in [-0.39, 0.29) is 24.8 Å². The van der Waals surface area contributed by atoms with Gasteiger partial charge in [0.25, 0.3) is 5.91 Å². The fraction of sp³-hybridized carbons (Fsp3) is 0.652. The largest absolute Gasteiger partial charge is 0.489 e. The van der Waals surface area contributed by atoms with Crippen LogP contribution >= 0.6 is 0 Å². The highest BCUT2D eigenvalue weighted by Gasteiger charge is 2.51. The molecule has 8 nitrogen and oxygen atoms in total. The van der Waals surface area contributed by atoms with Crippen LogP contribution in [0.2, 0.25) is 0 Å². The van der Waals surface area contributed by atoms with E-state index in [0.717, 1.165) is 19.3 Å². The number of hydrogen-bond acceptors (Lipinski definition) is 5. The molecule has 1 aliphatic heterocycles. The zero-order valence-corrected chi connectivity index (χ0v) is 18.0. The van der Waals surface area contributed by atoms with E-state index >= 15 is 0 Å². The number of urea groups is 1. The Balaban J connectivity index is 1.30. The summed E-state index contributed by atoms with van der Waals surface area (Å²) in [5.41, 5.74) is -0.757. The summed E-state index contributed by atoms with van der Waals surface area (Å²) in [7, 11) is 0. The van der Waals surface area contributed by atoms with Gasteiger partial charge in [0.2, 0.25) is 5.91 Å². The van der Waals surface area contributed by atoms with Crippen molar-refractivity contribution in [2.75, 3.05) is 18.5 Å². The lowest BCUT2D eigenvalue weighted by Crippen LogP contribution is -2.48. The average molecular weight is 429 g/mol. The van der Waals surface area contributed by atoms with Gasteiger partial charge in [-0.3, -0.25) is 14.5 Å². The Morgan fingerprint density at radius 3 is 2.68 bits per heavy atom. The van der Waals surface area contributed by atoms with Crippen LogP contribution in [0.5, 0.6) is 5.75 Å². The monoisotopic (exact) mass is 428 g/mol. The number of rotatable bonds is 7. The van der Waals surface area contributed by atoms with E-state index < -0.39 is 11.6 Å². The van der Waals surface area contributed by atoms with Crippen LogP contribution in [0.15, 0.2) is 18.3 Å². The Kier molecular flexibility index (Phi) is 6.73. The van der Waals surface area contributed by atoms with Crippen LogP contribution in [0, 0.1) is 5.92 Å². The quantitative estimate of drug-likeness (QED) is 0.646. The lowest BCUT2D eigenvalue weighted by Gasteiger charge is -2.30. The minimum atomic E-state index is -0.757. The first-order valence-corrected chi connectivity index (χ1v) is 11.6. The van der Waals surface area contributed by atoms with Crippen molar-refractivity contribution >= 4 is 23.7 Å². The third-order valence-corrected chi connectivity index (χ3v) is 6.74. The minimum Gasteiger partial charge on any atom is -0.489 e. The normalized spacial score (nSPS) is 21.2. The summed E-state index contributed by atoms with van der Waals surface area (Å²) in [4.78, 5) is 43.1. The second-order valence-electron chi connectivity index (χ2n) is 8.99. The summed E-state index contributed by atoms with van der Waals surface area (Å²) in [6, 6.07) is 3.19. The van der Waals surface area contributed by atoms with Crippen LogP contribution in [0.25, 0.3) is 0 Å². The molecular weight excluding hydrogens is 396 g/mol.